The molecule has 0 amide bonds. The Labute approximate surface area is 165 Å². The molecule has 0 saturated carbocycles. The van der Waals surface area contributed by atoms with Crippen LogP contribution < -0.4 is 4.74 Å². The Balaban J connectivity index is 1.66. The van der Waals surface area contributed by atoms with Gasteiger partial charge in [0.1, 0.15) is 11.8 Å². The van der Waals surface area contributed by atoms with Gasteiger partial charge in [0.2, 0.25) is 0 Å². The van der Waals surface area contributed by atoms with Crippen molar-refractivity contribution < 1.29 is 17.9 Å². The second kappa shape index (κ2) is 8.85. The summed E-state index contributed by atoms with van der Waals surface area (Å²) in [5.41, 5.74) is 2.06. The summed E-state index contributed by atoms with van der Waals surface area (Å²) in [6.45, 7) is 0.0171. The molecule has 0 aromatic heterocycles. The van der Waals surface area contributed by atoms with Crippen molar-refractivity contribution in [1.82, 2.24) is 0 Å². The van der Waals surface area contributed by atoms with Crippen LogP contribution in [0.4, 0.5) is 13.2 Å². The molecule has 0 fully saturated rings. The molecular weight excluding hydrogens is 383 g/mol. The average molecular weight is 399 g/mol. The van der Waals surface area contributed by atoms with E-state index in [1.54, 1.807) is 11.8 Å². The predicted octanol–water partition coefficient (Wildman–Crippen LogP) is 6.57. The number of thioether (sulfide) groups is 1. The van der Waals surface area contributed by atoms with E-state index in [0.29, 0.717) is 5.75 Å². The van der Waals surface area contributed by atoms with E-state index in [1.165, 1.54) is 12.1 Å². The summed E-state index contributed by atoms with van der Waals surface area (Å²) < 4.78 is 43.4. The minimum Gasteiger partial charge on any atom is -0.479 e. The van der Waals surface area contributed by atoms with E-state index < -0.39 is 11.7 Å². The number of hydrogen-bond donors (Lipinski definition) is 0. The first-order valence-corrected chi connectivity index (χ1v) is 9.43. The van der Waals surface area contributed by atoms with Gasteiger partial charge >= 0.3 is 6.18 Å². The van der Waals surface area contributed by atoms with Crippen LogP contribution in [0.3, 0.4) is 0 Å². The second-order valence-corrected chi connectivity index (χ2v) is 7.03. The second-order valence-electron chi connectivity index (χ2n) is 5.98. The van der Waals surface area contributed by atoms with Crippen molar-refractivity contribution in [3.8, 4) is 22.9 Å². The van der Waals surface area contributed by atoms with Gasteiger partial charge in [-0.15, -0.1) is 11.8 Å². The zero-order chi connectivity index (χ0) is 20.0. The van der Waals surface area contributed by atoms with E-state index in [1.807, 2.05) is 54.6 Å². The van der Waals surface area contributed by atoms with Crippen LogP contribution in [0, 0.1) is 11.3 Å². The van der Waals surface area contributed by atoms with Gasteiger partial charge in [-0.1, -0.05) is 36.4 Å². The highest BCUT2D eigenvalue weighted by Gasteiger charge is 2.29. The smallest absolute Gasteiger partial charge is 0.416 e. The number of alkyl halides is 3. The highest BCUT2D eigenvalue weighted by Crippen LogP contribution is 2.32. The van der Waals surface area contributed by atoms with Crippen molar-refractivity contribution >= 4 is 11.8 Å². The Bertz CT molecular complexity index is 961. The van der Waals surface area contributed by atoms with Crippen LogP contribution in [0.2, 0.25) is 0 Å². The van der Waals surface area contributed by atoms with Gasteiger partial charge in [-0.25, -0.2) is 0 Å². The van der Waals surface area contributed by atoms with Crippen LogP contribution in [-0.2, 0) is 11.9 Å². The molecule has 0 N–H and O–H groups in total. The summed E-state index contributed by atoms with van der Waals surface area (Å²) in [6, 6.07) is 22.4. The van der Waals surface area contributed by atoms with Crippen molar-refractivity contribution in [2.75, 3.05) is 6.61 Å². The highest BCUT2D eigenvalue weighted by molar-refractivity contribution is 7.98. The maximum atomic E-state index is 12.7. The molecule has 142 valence electrons. The predicted molar refractivity (Wildman–Crippen MR) is 104 cm³/mol. The number of benzene rings is 3. The van der Waals surface area contributed by atoms with Gasteiger partial charge in [0.25, 0.3) is 0 Å². The Morgan fingerprint density at radius 3 is 2.25 bits per heavy atom. The molecule has 0 bridgehead atoms. The van der Waals surface area contributed by atoms with Crippen molar-refractivity contribution in [3.05, 3.63) is 83.9 Å². The van der Waals surface area contributed by atoms with E-state index in [0.717, 1.165) is 39.5 Å². The van der Waals surface area contributed by atoms with Gasteiger partial charge in [0, 0.05) is 10.6 Å². The number of rotatable bonds is 6. The fourth-order valence-electron chi connectivity index (χ4n) is 2.61. The summed E-state index contributed by atoms with van der Waals surface area (Å²) >= 11 is 1.65. The first kappa shape index (κ1) is 19.8. The Kier molecular flexibility index (Phi) is 6.27. The third-order valence-corrected chi connectivity index (χ3v) is 5.09. The Morgan fingerprint density at radius 1 is 0.893 bits per heavy atom. The number of nitriles is 1. The molecule has 3 aromatic rings. The normalized spacial score (nSPS) is 11.1. The molecule has 3 rings (SSSR count). The van der Waals surface area contributed by atoms with Crippen molar-refractivity contribution in [2.24, 2.45) is 0 Å². The van der Waals surface area contributed by atoms with E-state index in [9.17, 15) is 13.2 Å². The lowest BCUT2D eigenvalue weighted by Gasteiger charge is -2.09. The van der Waals surface area contributed by atoms with Crippen molar-refractivity contribution in [1.29, 1.82) is 5.26 Å². The van der Waals surface area contributed by atoms with Crippen LogP contribution in [-0.4, -0.2) is 6.61 Å². The summed E-state index contributed by atoms with van der Waals surface area (Å²) in [4.78, 5) is 1.06. The van der Waals surface area contributed by atoms with Crippen LogP contribution in [0.25, 0.3) is 11.1 Å². The van der Waals surface area contributed by atoms with Crippen molar-refractivity contribution in [2.45, 2.75) is 16.8 Å². The Hall–Kier alpha value is -2.91. The molecule has 0 saturated heterocycles. The molecule has 3 aromatic carbocycles. The Morgan fingerprint density at radius 2 is 1.61 bits per heavy atom. The molecule has 0 atom stereocenters. The number of hydrogen-bond acceptors (Lipinski definition) is 3. The number of ether oxygens (including phenoxy) is 1. The summed E-state index contributed by atoms with van der Waals surface area (Å²) in [5.74, 6) is 1.38. The summed E-state index contributed by atoms with van der Waals surface area (Å²) in [7, 11) is 0. The molecule has 0 aliphatic carbocycles. The molecule has 0 aliphatic rings. The lowest BCUT2D eigenvalue weighted by atomic mass is 10.0. The standard InChI is InChI=1S/C22H16F3NOS/c23-22(24,25)19-6-4-17(5-7-19)18-3-1-2-16(14-18)15-28-21-10-8-20(9-11-21)27-13-12-26/h1-11,14H,13,15H2. The van der Waals surface area contributed by atoms with Crippen molar-refractivity contribution in [3.63, 3.8) is 0 Å². The molecular formula is C22H16F3NOS. The first-order chi connectivity index (χ1) is 13.5. The zero-order valence-electron chi connectivity index (χ0n) is 14.7. The number of nitrogens with zero attached hydrogens (tertiary/aromatic N) is 1. The van der Waals surface area contributed by atoms with Crippen LogP contribution >= 0.6 is 11.8 Å². The monoisotopic (exact) mass is 399 g/mol. The largest absolute Gasteiger partial charge is 0.479 e. The molecule has 6 heteroatoms. The van der Waals surface area contributed by atoms with Gasteiger partial charge in [-0.05, 0) is 53.1 Å². The van der Waals surface area contributed by atoms with Gasteiger partial charge in [0.05, 0.1) is 5.56 Å². The maximum absolute atomic E-state index is 12.7. The highest BCUT2D eigenvalue weighted by atomic mass is 32.2. The summed E-state index contributed by atoms with van der Waals surface area (Å²) in [5, 5.41) is 8.52. The quantitative estimate of drug-likeness (QED) is 0.440. The minimum atomic E-state index is -4.33. The van der Waals surface area contributed by atoms with Crippen LogP contribution in [0.5, 0.6) is 5.75 Å². The molecule has 0 spiro atoms. The zero-order valence-corrected chi connectivity index (χ0v) is 15.6. The van der Waals surface area contributed by atoms with Gasteiger partial charge in [0.15, 0.2) is 6.61 Å². The fourth-order valence-corrected chi connectivity index (χ4v) is 3.45. The third kappa shape index (κ3) is 5.30. The molecule has 0 aliphatic heterocycles. The van der Waals surface area contributed by atoms with Crippen LogP contribution in [0.1, 0.15) is 11.1 Å². The number of halogens is 3. The molecule has 0 radical (unpaired) electrons. The third-order valence-electron chi connectivity index (χ3n) is 4.01. The lowest BCUT2D eigenvalue weighted by molar-refractivity contribution is -0.137. The van der Waals surface area contributed by atoms with Crippen LogP contribution in [0.15, 0.2) is 77.7 Å². The van der Waals surface area contributed by atoms with Gasteiger partial charge in [-0.2, -0.15) is 18.4 Å². The maximum Gasteiger partial charge on any atom is 0.416 e. The molecule has 0 heterocycles. The van der Waals surface area contributed by atoms with E-state index >= 15 is 0 Å². The molecule has 0 unspecified atom stereocenters. The minimum absolute atomic E-state index is 0.0171. The van der Waals surface area contributed by atoms with E-state index in [2.05, 4.69) is 0 Å². The average Bonchev–Trinajstić information content (AvgIpc) is 2.71. The fraction of sp³-hybridized carbons (Fsp3) is 0.136. The topological polar surface area (TPSA) is 33.0 Å². The van der Waals surface area contributed by atoms with E-state index in [4.69, 9.17) is 10.00 Å². The van der Waals surface area contributed by atoms with Gasteiger partial charge < -0.3 is 4.74 Å². The molecule has 2 nitrogen and oxygen atoms in total. The first-order valence-electron chi connectivity index (χ1n) is 8.45. The lowest BCUT2D eigenvalue weighted by Crippen LogP contribution is -2.03. The molecule has 28 heavy (non-hydrogen) atoms. The SMILES string of the molecule is N#CCOc1ccc(SCc2cccc(-c3ccc(C(F)(F)F)cc3)c2)cc1. The van der Waals surface area contributed by atoms with E-state index in [-0.39, 0.29) is 6.61 Å². The summed E-state index contributed by atoms with van der Waals surface area (Å²) in [6.07, 6.45) is -4.33. The van der Waals surface area contributed by atoms with Gasteiger partial charge in [-0.3, -0.25) is 0 Å².